The van der Waals surface area contributed by atoms with E-state index in [0.717, 1.165) is 18.0 Å². The summed E-state index contributed by atoms with van der Waals surface area (Å²) in [5.41, 5.74) is 5.42. The highest BCUT2D eigenvalue weighted by molar-refractivity contribution is 8.13. The Kier molecular flexibility index (Phi) is 6.53. The smallest absolute Gasteiger partial charge is 0.425 e. The number of rotatable bonds is 6. The van der Waals surface area contributed by atoms with Crippen molar-refractivity contribution in [3.63, 3.8) is 0 Å². The second kappa shape index (κ2) is 7.91. The SMILES string of the molecule is C=N/C=C(\N=C/O[C@@H]([C@@H]1CN=C(N)SC1)C(F)(F)F)OC. The summed E-state index contributed by atoms with van der Waals surface area (Å²) in [5.74, 6) is -0.679. The molecular weight excluding hydrogens is 309 g/mol. The predicted octanol–water partition coefficient (Wildman–Crippen LogP) is 1.79. The van der Waals surface area contributed by atoms with E-state index in [1.807, 2.05) is 0 Å². The third-order valence-electron chi connectivity index (χ3n) is 2.48. The van der Waals surface area contributed by atoms with Crippen molar-refractivity contribution in [2.75, 3.05) is 19.4 Å². The highest BCUT2D eigenvalue weighted by Crippen LogP contribution is 2.32. The average molecular weight is 324 g/mol. The van der Waals surface area contributed by atoms with Gasteiger partial charge in [-0.1, -0.05) is 11.8 Å². The number of nitrogens with zero attached hydrogens (tertiary/aromatic N) is 3. The molecule has 0 spiro atoms. The summed E-state index contributed by atoms with van der Waals surface area (Å²) in [6.45, 7) is 3.14. The van der Waals surface area contributed by atoms with Crippen LogP contribution in [0.25, 0.3) is 0 Å². The molecule has 0 saturated heterocycles. The first-order valence-electron chi connectivity index (χ1n) is 5.76. The molecule has 2 atom stereocenters. The second-order valence-electron chi connectivity index (χ2n) is 3.94. The van der Waals surface area contributed by atoms with Gasteiger partial charge in [-0.25, -0.2) is 0 Å². The predicted molar refractivity (Wildman–Crippen MR) is 76.5 cm³/mol. The van der Waals surface area contributed by atoms with Crippen LogP contribution in [0.4, 0.5) is 13.2 Å². The lowest BCUT2D eigenvalue weighted by Gasteiger charge is -2.28. The van der Waals surface area contributed by atoms with Crippen molar-refractivity contribution in [1.29, 1.82) is 0 Å². The molecule has 1 heterocycles. The maximum atomic E-state index is 13.0. The summed E-state index contributed by atoms with van der Waals surface area (Å²) < 4.78 is 48.5. The summed E-state index contributed by atoms with van der Waals surface area (Å²) in [5, 5.41) is 0.280. The lowest BCUT2D eigenvalue weighted by molar-refractivity contribution is -0.209. The minimum atomic E-state index is -4.54. The van der Waals surface area contributed by atoms with Gasteiger partial charge in [0.1, 0.15) is 0 Å². The molecule has 10 heteroatoms. The molecule has 21 heavy (non-hydrogen) atoms. The van der Waals surface area contributed by atoms with Gasteiger partial charge in [0.25, 0.3) is 0 Å². The maximum absolute atomic E-state index is 13.0. The normalized spacial score (nSPS) is 21.8. The Morgan fingerprint density at radius 2 is 2.33 bits per heavy atom. The minimum absolute atomic E-state index is 0.0220. The number of amidine groups is 1. The van der Waals surface area contributed by atoms with Crippen molar-refractivity contribution in [3.8, 4) is 0 Å². The summed E-state index contributed by atoms with van der Waals surface area (Å²) in [6.07, 6.45) is -4.72. The van der Waals surface area contributed by atoms with E-state index < -0.39 is 18.2 Å². The van der Waals surface area contributed by atoms with E-state index in [9.17, 15) is 13.2 Å². The molecule has 118 valence electrons. The van der Waals surface area contributed by atoms with E-state index in [-0.39, 0.29) is 23.3 Å². The number of hydrogen-bond acceptors (Lipinski definition) is 7. The zero-order chi connectivity index (χ0) is 15.9. The van der Waals surface area contributed by atoms with Crippen LogP contribution in [-0.4, -0.2) is 50.0 Å². The van der Waals surface area contributed by atoms with Crippen LogP contribution in [0.5, 0.6) is 0 Å². The Hall–Kier alpha value is -1.71. The molecule has 1 aliphatic heterocycles. The highest BCUT2D eigenvalue weighted by atomic mass is 32.2. The number of alkyl halides is 3. The fourth-order valence-electron chi connectivity index (χ4n) is 1.50. The Morgan fingerprint density at radius 1 is 1.62 bits per heavy atom. The molecule has 1 aliphatic rings. The van der Waals surface area contributed by atoms with Gasteiger partial charge in [0.15, 0.2) is 11.6 Å². The minimum Gasteiger partial charge on any atom is -0.480 e. The molecule has 0 radical (unpaired) electrons. The maximum Gasteiger partial charge on any atom is 0.425 e. The monoisotopic (exact) mass is 324 g/mol. The van der Waals surface area contributed by atoms with E-state index in [2.05, 4.69) is 21.7 Å². The van der Waals surface area contributed by atoms with Gasteiger partial charge in [-0.2, -0.15) is 18.2 Å². The largest absolute Gasteiger partial charge is 0.480 e. The molecule has 2 N–H and O–H groups in total. The van der Waals surface area contributed by atoms with Crippen LogP contribution >= 0.6 is 11.8 Å². The van der Waals surface area contributed by atoms with E-state index in [1.54, 1.807) is 0 Å². The van der Waals surface area contributed by atoms with Crippen molar-refractivity contribution < 1.29 is 22.6 Å². The van der Waals surface area contributed by atoms with Gasteiger partial charge >= 0.3 is 6.18 Å². The zero-order valence-corrected chi connectivity index (χ0v) is 12.0. The van der Waals surface area contributed by atoms with Crippen LogP contribution in [0.3, 0.4) is 0 Å². The van der Waals surface area contributed by atoms with Crippen LogP contribution in [0.15, 0.2) is 27.1 Å². The Bertz CT molecular complexity index is 451. The quantitative estimate of drug-likeness (QED) is 0.459. The molecule has 0 aromatic heterocycles. The molecule has 0 bridgehead atoms. The van der Waals surface area contributed by atoms with Crippen molar-refractivity contribution in [2.24, 2.45) is 26.6 Å². The van der Waals surface area contributed by atoms with Crippen molar-refractivity contribution >= 4 is 30.0 Å². The zero-order valence-electron chi connectivity index (χ0n) is 11.2. The first-order valence-corrected chi connectivity index (χ1v) is 6.74. The molecule has 0 saturated carbocycles. The standard InChI is InChI=1S/C11H15F3N4O2S/c1-16-4-8(19-2)18-6-20-9(11(12,13)14)7-3-17-10(15)21-5-7/h4,6-7,9H,1,3,5H2,2H3,(H2,15,17)/b8-4+,18-6-/t7-,9+/m1/s1. The van der Waals surface area contributed by atoms with E-state index in [1.165, 1.54) is 7.11 Å². The number of hydrogen-bond donors (Lipinski definition) is 1. The van der Waals surface area contributed by atoms with Gasteiger partial charge in [-0.05, 0) is 6.72 Å². The lowest BCUT2D eigenvalue weighted by Crippen LogP contribution is -2.42. The fraction of sp³-hybridized carbons (Fsp3) is 0.545. The molecule has 0 amide bonds. The summed E-state index contributed by atoms with van der Waals surface area (Å²) in [6, 6.07) is 0. The third-order valence-corrected chi connectivity index (χ3v) is 3.50. The number of methoxy groups -OCH3 is 1. The van der Waals surface area contributed by atoms with E-state index >= 15 is 0 Å². The molecule has 0 unspecified atom stereocenters. The topological polar surface area (TPSA) is 81.6 Å². The molecule has 0 aromatic rings. The number of ether oxygens (including phenoxy) is 2. The van der Waals surface area contributed by atoms with Crippen LogP contribution < -0.4 is 5.73 Å². The van der Waals surface area contributed by atoms with Crippen molar-refractivity contribution in [1.82, 2.24) is 0 Å². The summed E-state index contributed by atoms with van der Waals surface area (Å²) >= 11 is 1.07. The summed E-state index contributed by atoms with van der Waals surface area (Å²) in [4.78, 5) is 10.8. The first-order chi connectivity index (χ1) is 9.88. The Morgan fingerprint density at radius 3 is 2.81 bits per heavy atom. The van der Waals surface area contributed by atoms with Gasteiger partial charge < -0.3 is 15.2 Å². The Labute approximate surface area is 124 Å². The van der Waals surface area contributed by atoms with Crippen LogP contribution in [0.1, 0.15) is 0 Å². The van der Waals surface area contributed by atoms with Gasteiger partial charge in [0.2, 0.25) is 12.0 Å². The van der Waals surface area contributed by atoms with E-state index in [4.69, 9.17) is 15.2 Å². The number of nitrogens with two attached hydrogens (primary N) is 1. The summed E-state index contributed by atoms with van der Waals surface area (Å²) in [7, 11) is 1.30. The highest BCUT2D eigenvalue weighted by Gasteiger charge is 2.47. The number of aliphatic imine (C=N–C) groups is 3. The van der Waals surface area contributed by atoms with Gasteiger partial charge in [-0.15, -0.1) is 0 Å². The fourth-order valence-corrected chi connectivity index (χ4v) is 2.33. The molecule has 1 rings (SSSR count). The third kappa shape index (κ3) is 5.66. The van der Waals surface area contributed by atoms with Gasteiger partial charge in [0, 0.05) is 18.2 Å². The van der Waals surface area contributed by atoms with Crippen LogP contribution in [0.2, 0.25) is 0 Å². The lowest BCUT2D eigenvalue weighted by atomic mass is 10.0. The van der Waals surface area contributed by atoms with E-state index in [0.29, 0.717) is 6.40 Å². The van der Waals surface area contributed by atoms with Gasteiger partial charge in [-0.3, -0.25) is 9.98 Å². The molecular formula is C11H15F3N4O2S. The molecule has 0 aromatic carbocycles. The van der Waals surface area contributed by atoms with Crippen LogP contribution in [0, 0.1) is 5.92 Å². The van der Waals surface area contributed by atoms with Crippen molar-refractivity contribution in [2.45, 2.75) is 12.3 Å². The van der Waals surface area contributed by atoms with Crippen molar-refractivity contribution in [3.05, 3.63) is 12.1 Å². The van der Waals surface area contributed by atoms with Crippen LogP contribution in [-0.2, 0) is 9.47 Å². The number of halogens is 3. The number of thioether (sulfide) groups is 1. The second-order valence-corrected chi connectivity index (χ2v) is 4.98. The Balaban J connectivity index is 2.74. The average Bonchev–Trinajstić information content (AvgIpc) is 2.42. The van der Waals surface area contributed by atoms with Gasteiger partial charge in [0.05, 0.1) is 13.3 Å². The molecule has 0 fully saturated rings. The molecule has 6 nitrogen and oxygen atoms in total. The first kappa shape index (κ1) is 17.3. The molecule has 0 aliphatic carbocycles.